The fraction of sp³-hybridized carbons (Fsp3) is 0.571. The molecule has 1 atom stereocenters. The third-order valence-electron chi connectivity index (χ3n) is 3.10. The number of benzene rings is 1. The zero-order valence-corrected chi connectivity index (χ0v) is 12.8. The zero-order chi connectivity index (χ0) is 13.7. The van der Waals surface area contributed by atoms with Crippen molar-refractivity contribution in [3.05, 3.63) is 33.8 Å². The van der Waals surface area contributed by atoms with Gasteiger partial charge in [-0.1, -0.05) is 36.2 Å². The minimum Gasteiger partial charge on any atom is -0.329 e. The van der Waals surface area contributed by atoms with E-state index in [1.165, 1.54) is 0 Å². The molecule has 18 heavy (non-hydrogen) atoms. The summed E-state index contributed by atoms with van der Waals surface area (Å²) in [5.41, 5.74) is 7.08. The molecule has 1 unspecified atom stereocenters. The average Bonchev–Trinajstić information content (AvgIpc) is 2.33. The molecule has 0 saturated heterocycles. The van der Waals surface area contributed by atoms with Crippen molar-refractivity contribution in [1.82, 2.24) is 4.90 Å². The van der Waals surface area contributed by atoms with Gasteiger partial charge < -0.3 is 5.73 Å². The molecule has 0 bridgehead atoms. The average molecular weight is 289 g/mol. The highest BCUT2D eigenvalue weighted by Crippen LogP contribution is 2.29. The van der Waals surface area contributed by atoms with Gasteiger partial charge >= 0.3 is 0 Å². The second kappa shape index (κ2) is 7.34. The van der Waals surface area contributed by atoms with Gasteiger partial charge in [0.1, 0.15) is 0 Å². The van der Waals surface area contributed by atoms with E-state index in [1.54, 1.807) is 0 Å². The molecule has 0 aliphatic carbocycles. The highest BCUT2D eigenvalue weighted by atomic mass is 35.5. The highest BCUT2D eigenvalue weighted by Gasteiger charge is 2.21. The van der Waals surface area contributed by atoms with E-state index >= 15 is 0 Å². The highest BCUT2D eigenvalue weighted by molar-refractivity contribution is 6.42. The second-order valence-corrected chi connectivity index (χ2v) is 5.57. The summed E-state index contributed by atoms with van der Waals surface area (Å²) in [7, 11) is 0. The van der Waals surface area contributed by atoms with Crippen LogP contribution in [-0.2, 0) is 0 Å². The molecule has 0 heterocycles. The maximum atomic E-state index is 6.08. The number of nitrogens with zero attached hydrogens (tertiary/aromatic N) is 1. The molecular weight excluding hydrogens is 267 g/mol. The first-order chi connectivity index (χ1) is 8.51. The van der Waals surface area contributed by atoms with Crippen LogP contribution >= 0.6 is 23.2 Å². The van der Waals surface area contributed by atoms with Gasteiger partial charge in [0.05, 0.1) is 10.0 Å². The fourth-order valence-electron chi connectivity index (χ4n) is 2.21. The predicted octanol–water partition coefficient (Wildman–Crippen LogP) is 4.11. The van der Waals surface area contributed by atoms with Crippen LogP contribution < -0.4 is 5.73 Å². The van der Waals surface area contributed by atoms with Crippen LogP contribution in [0.5, 0.6) is 0 Å². The fourth-order valence-corrected chi connectivity index (χ4v) is 2.52. The van der Waals surface area contributed by atoms with Crippen LogP contribution in [0.15, 0.2) is 18.2 Å². The van der Waals surface area contributed by atoms with E-state index in [9.17, 15) is 0 Å². The van der Waals surface area contributed by atoms with Crippen molar-refractivity contribution in [2.75, 3.05) is 13.1 Å². The van der Waals surface area contributed by atoms with Crippen LogP contribution in [0, 0.1) is 0 Å². The van der Waals surface area contributed by atoms with Gasteiger partial charge in [-0.25, -0.2) is 0 Å². The molecule has 2 nitrogen and oxygen atoms in total. The van der Waals surface area contributed by atoms with Gasteiger partial charge in [-0.3, -0.25) is 4.90 Å². The second-order valence-electron chi connectivity index (χ2n) is 4.76. The lowest BCUT2D eigenvalue weighted by Crippen LogP contribution is -2.39. The molecule has 0 amide bonds. The summed E-state index contributed by atoms with van der Waals surface area (Å²) in [6.07, 6.45) is 1.11. The molecule has 1 aromatic carbocycles. The Kier molecular flexibility index (Phi) is 6.44. The Hall–Kier alpha value is -0.280. The van der Waals surface area contributed by atoms with E-state index in [2.05, 4.69) is 25.7 Å². The quantitative estimate of drug-likeness (QED) is 0.853. The van der Waals surface area contributed by atoms with Crippen molar-refractivity contribution in [1.29, 1.82) is 0 Å². The molecule has 4 heteroatoms. The van der Waals surface area contributed by atoms with Gasteiger partial charge in [-0.15, -0.1) is 0 Å². The van der Waals surface area contributed by atoms with Gasteiger partial charge in [0.2, 0.25) is 0 Å². The molecule has 0 aromatic heterocycles. The Labute approximate surface area is 120 Å². The van der Waals surface area contributed by atoms with Crippen molar-refractivity contribution >= 4 is 23.2 Å². The lowest BCUT2D eigenvalue weighted by Gasteiger charge is -2.34. The Balaban J connectivity index is 3.02. The summed E-state index contributed by atoms with van der Waals surface area (Å²) >= 11 is 12.0. The van der Waals surface area contributed by atoms with E-state index < -0.39 is 0 Å². The molecule has 0 saturated carbocycles. The Morgan fingerprint density at radius 3 is 2.33 bits per heavy atom. The number of halogens is 2. The van der Waals surface area contributed by atoms with Crippen LogP contribution in [-0.4, -0.2) is 24.0 Å². The summed E-state index contributed by atoms with van der Waals surface area (Å²) in [5, 5.41) is 1.18. The van der Waals surface area contributed by atoms with Crippen molar-refractivity contribution in [2.24, 2.45) is 5.73 Å². The maximum absolute atomic E-state index is 6.08. The molecule has 0 spiro atoms. The molecule has 0 fully saturated rings. The summed E-state index contributed by atoms with van der Waals surface area (Å²) in [5.74, 6) is 0. The van der Waals surface area contributed by atoms with E-state index in [-0.39, 0.29) is 6.04 Å². The SMILES string of the molecule is CCCN(C(C)C)C(CN)c1ccc(Cl)c(Cl)c1. The first-order valence-electron chi connectivity index (χ1n) is 6.42. The lowest BCUT2D eigenvalue weighted by atomic mass is 10.0. The summed E-state index contributed by atoms with van der Waals surface area (Å²) < 4.78 is 0. The van der Waals surface area contributed by atoms with Gasteiger partial charge in [0.15, 0.2) is 0 Å². The minimum atomic E-state index is 0.194. The molecule has 2 N–H and O–H groups in total. The van der Waals surface area contributed by atoms with Crippen molar-refractivity contribution in [2.45, 2.75) is 39.3 Å². The largest absolute Gasteiger partial charge is 0.329 e. The van der Waals surface area contributed by atoms with E-state index in [0.717, 1.165) is 18.5 Å². The molecular formula is C14H22Cl2N2. The predicted molar refractivity (Wildman–Crippen MR) is 80.4 cm³/mol. The smallest absolute Gasteiger partial charge is 0.0595 e. The molecule has 0 radical (unpaired) electrons. The van der Waals surface area contributed by atoms with Gasteiger partial charge in [0, 0.05) is 18.6 Å². The molecule has 0 aliphatic heterocycles. The van der Waals surface area contributed by atoms with Gasteiger partial charge in [-0.2, -0.15) is 0 Å². The maximum Gasteiger partial charge on any atom is 0.0595 e. The van der Waals surface area contributed by atoms with E-state index in [4.69, 9.17) is 28.9 Å². The van der Waals surface area contributed by atoms with Gasteiger partial charge in [-0.05, 0) is 44.5 Å². The van der Waals surface area contributed by atoms with Crippen LogP contribution in [0.25, 0.3) is 0 Å². The lowest BCUT2D eigenvalue weighted by molar-refractivity contribution is 0.157. The first-order valence-corrected chi connectivity index (χ1v) is 7.17. The van der Waals surface area contributed by atoms with Crippen molar-refractivity contribution in [3.63, 3.8) is 0 Å². The molecule has 1 rings (SSSR count). The van der Waals surface area contributed by atoms with Gasteiger partial charge in [0.25, 0.3) is 0 Å². The monoisotopic (exact) mass is 288 g/mol. The van der Waals surface area contributed by atoms with Crippen molar-refractivity contribution in [3.8, 4) is 0 Å². The molecule has 0 aliphatic rings. The third kappa shape index (κ3) is 3.86. The number of rotatable bonds is 6. The number of hydrogen-bond donors (Lipinski definition) is 1. The van der Waals surface area contributed by atoms with Crippen LogP contribution in [0.2, 0.25) is 10.0 Å². The first kappa shape index (κ1) is 15.8. The normalized spacial score (nSPS) is 13.3. The standard InChI is InChI=1S/C14H22Cl2N2/c1-4-7-18(10(2)3)14(9-17)11-5-6-12(15)13(16)8-11/h5-6,8,10,14H,4,7,9,17H2,1-3H3. The van der Waals surface area contributed by atoms with Crippen molar-refractivity contribution < 1.29 is 0 Å². The zero-order valence-electron chi connectivity index (χ0n) is 11.3. The summed E-state index contributed by atoms with van der Waals surface area (Å²) in [6.45, 7) is 8.17. The topological polar surface area (TPSA) is 29.3 Å². The van der Waals surface area contributed by atoms with E-state index in [1.807, 2.05) is 18.2 Å². The van der Waals surface area contributed by atoms with Crippen LogP contribution in [0.3, 0.4) is 0 Å². The number of hydrogen-bond acceptors (Lipinski definition) is 2. The number of nitrogens with two attached hydrogens (primary N) is 1. The van der Waals surface area contributed by atoms with E-state index in [0.29, 0.717) is 22.6 Å². The Bertz CT molecular complexity index is 380. The molecule has 102 valence electrons. The molecule has 1 aromatic rings. The Morgan fingerprint density at radius 1 is 1.22 bits per heavy atom. The minimum absolute atomic E-state index is 0.194. The third-order valence-corrected chi connectivity index (χ3v) is 3.84. The summed E-state index contributed by atoms with van der Waals surface area (Å²) in [6, 6.07) is 6.42. The summed E-state index contributed by atoms with van der Waals surface area (Å²) in [4.78, 5) is 2.40. The van der Waals surface area contributed by atoms with Crippen LogP contribution in [0.1, 0.15) is 38.8 Å². The van der Waals surface area contributed by atoms with Crippen LogP contribution in [0.4, 0.5) is 0 Å². The Morgan fingerprint density at radius 2 is 1.89 bits per heavy atom.